The summed E-state index contributed by atoms with van der Waals surface area (Å²) in [6, 6.07) is 0.693. The molecule has 0 saturated carbocycles. The van der Waals surface area contributed by atoms with E-state index in [1.54, 1.807) is 20.8 Å². The van der Waals surface area contributed by atoms with E-state index in [0.717, 1.165) is 6.20 Å². The number of rotatable bonds is 1. The Hall–Kier alpha value is -2.70. The van der Waals surface area contributed by atoms with Crippen molar-refractivity contribution in [2.24, 2.45) is 5.41 Å². The molecule has 7 heteroatoms. The minimum atomic E-state index is -1.44. The molecule has 0 atom stereocenters. The average molecular weight is 321 g/mol. The second-order valence-corrected chi connectivity index (χ2v) is 6.33. The van der Waals surface area contributed by atoms with Gasteiger partial charge in [-0.1, -0.05) is 20.8 Å². The summed E-state index contributed by atoms with van der Waals surface area (Å²) in [4.78, 5) is 23.4. The fourth-order valence-electron chi connectivity index (χ4n) is 2.39. The van der Waals surface area contributed by atoms with E-state index in [9.17, 15) is 18.4 Å². The van der Waals surface area contributed by atoms with E-state index in [-0.39, 0.29) is 10.9 Å². The molecule has 1 aromatic heterocycles. The van der Waals surface area contributed by atoms with Crippen LogP contribution in [0.1, 0.15) is 31.1 Å². The molecular formula is C16H13F2NO4. The van der Waals surface area contributed by atoms with E-state index in [1.165, 1.54) is 10.8 Å². The molecule has 1 aliphatic heterocycles. The zero-order chi connectivity index (χ0) is 17.1. The minimum absolute atomic E-state index is 0.00639. The minimum Gasteiger partial charge on any atom is -0.477 e. The Morgan fingerprint density at radius 3 is 2.52 bits per heavy atom. The van der Waals surface area contributed by atoms with Gasteiger partial charge in [-0.2, -0.15) is 4.39 Å². The van der Waals surface area contributed by atoms with Crippen molar-refractivity contribution < 1.29 is 23.4 Å². The van der Waals surface area contributed by atoms with Gasteiger partial charge >= 0.3 is 5.97 Å². The topological polar surface area (TPSA) is 68.5 Å². The van der Waals surface area contributed by atoms with Gasteiger partial charge in [0.1, 0.15) is 16.8 Å². The van der Waals surface area contributed by atoms with Crippen molar-refractivity contribution >= 4 is 23.1 Å². The van der Waals surface area contributed by atoms with E-state index >= 15 is 0 Å². The van der Waals surface area contributed by atoms with Crippen LogP contribution in [0.2, 0.25) is 0 Å². The molecule has 1 N–H and O–H groups in total. The molecule has 1 aromatic carbocycles. The largest absolute Gasteiger partial charge is 0.477 e. The van der Waals surface area contributed by atoms with Crippen LogP contribution in [0, 0.1) is 17.0 Å². The molecule has 23 heavy (non-hydrogen) atoms. The molecule has 0 amide bonds. The van der Waals surface area contributed by atoms with Crippen LogP contribution < -0.4 is 10.2 Å². The molecular weight excluding hydrogens is 308 g/mol. The number of aromatic nitrogens is 1. The fourth-order valence-corrected chi connectivity index (χ4v) is 2.39. The lowest BCUT2D eigenvalue weighted by Gasteiger charge is -2.28. The number of ether oxygens (including phenoxy) is 1. The second-order valence-electron chi connectivity index (χ2n) is 6.33. The van der Waals surface area contributed by atoms with Gasteiger partial charge in [0.2, 0.25) is 11.2 Å². The molecule has 0 unspecified atom stereocenters. The first kappa shape index (κ1) is 15.2. The molecule has 3 rings (SSSR count). The third kappa shape index (κ3) is 2.19. The van der Waals surface area contributed by atoms with Crippen LogP contribution in [-0.2, 0) is 0 Å². The highest BCUT2D eigenvalue weighted by molar-refractivity contribution is 5.95. The lowest BCUT2D eigenvalue weighted by Crippen LogP contribution is -2.24. The normalized spacial score (nSPS) is 13.7. The highest BCUT2D eigenvalue weighted by Gasteiger charge is 2.30. The van der Waals surface area contributed by atoms with Crippen LogP contribution in [-0.4, -0.2) is 15.6 Å². The van der Waals surface area contributed by atoms with Crippen LogP contribution in [0.25, 0.3) is 17.1 Å². The maximum atomic E-state index is 14.1. The Bertz CT molecular complexity index is 951. The number of pyridine rings is 1. The van der Waals surface area contributed by atoms with Gasteiger partial charge < -0.3 is 14.4 Å². The zero-order valence-corrected chi connectivity index (χ0v) is 12.6. The number of hydrogen-bond acceptors (Lipinski definition) is 3. The highest BCUT2D eigenvalue weighted by Crippen LogP contribution is 2.39. The third-order valence-electron chi connectivity index (χ3n) is 3.60. The van der Waals surface area contributed by atoms with Crippen molar-refractivity contribution in [3.63, 3.8) is 0 Å². The number of aromatic carboxylic acids is 1. The van der Waals surface area contributed by atoms with Gasteiger partial charge in [0.15, 0.2) is 11.6 Å². The van der Waals surface area contributed by atoms with Gasteiger partial charge in [0.25, 0.3) is 0 Å². The number of halogens is 2. The zero-order valence-electron chi connectivity index (χ0n) is 12.6. The Labute approximate surface area is 129 Å². The summed E-state index contributed by atoms with van der Waals surface area (Å²) < 4.78 is 34.7. The quantitative estimate of drug-likeness (QED) is 0.875. The Morgan fingerprint density at radius 2 is 1.96 bits per heavy atom. The van der Waals surface area contributed by atoms with Crippen LogP contribution >= 0.6 is 0 Å². The summed E-state index contributed by atoms with van der Waals surface area (Å²) in [5.41, 5.74) is -1.94. The molecule has 2 aromatic rings. The van der Waals surface area contributed by atoms with Crippen molar-refractivity contribution in [1.82, 2.24) is 4.57 Å². The van der Waals surface area contributed by atoms with Crippen LogP contribution in [0.15, 0.2) is 22.8 Å². The summed E-state index contributed by atoms with van der Waals surface area (Å²) in [5.74, 6) is -4.03. The van der Waals surface area contributed by atoms with Crippen molar-refractivity contribution in [2.75, 3.05) is 0 Å². The van der Waals surface area contributed by atoms with Crippen LogP contribution in [0.5, 0.6) is 5.75 Å². The number of allylic oxidation sites excluding steroid dienone is 1. The molecule has 5 nitrogen and oxygen atoms in total. The smallest absolute Gasteiger partial charge is 0.341 e. The Balaban J connectivity index is 2.50. The van der Waals surface area contributed by atoms with Gasteiger partial charge in [0, 0.05) is 17.8 Å². The lowest BCUT2D eigenvalue weighted by atomic mass is 9.93. The summed E-state index contributed by atoms with van der Waals surface area (Å²) >= 11 is 0. The van der Waals surface area contributed by atoms with Crippen molar-refractivity contribution in [1.29, 1.82) is 0 Å². The van der Waals surface area contributed by atoms with E-state index in [1.807, 2.05) is 0 Å². The molecule has 2 heterocycles. The van der Waals surface area contributed by atoms with Gasteiger partial charge in [-0.25, -0.2) is 9.18 Å². The standard InChI is InChI=1S/C16H13F2NO4/c1-16(2,3)10-6-19-5-8(15(21)22)13(20)7-4-9(17)11(18)14(23-10)12(7)19/h4-6H,1-3H3,(H,21,22). The maximum Gasteiger partial charge on any atom is 0.341 e. The number of carboxylic acids is 1. The molecule has 1 aliphatic rings. The van der Waals surface area contributed by atoms with Crippen molar-refractivity contribution in [3.05, 3.63) is 45.4 Å². The Kier molecular flexibility index (Phi) is 3.07. The second kappa shape index (κ2) is 4.65. The van der Waals surface area contributed by atoms with E-state index in [2.05, 4.69) is 0 Å². The Morgan fingerprint density at radius 1 is 1.30 bits per heavy atom. The number of hydrogen-bond donors (Lipinski definition) is 1. The molecule has 0 bridgehead atoms. The molecule has 0 aliphatic carbocycles. The van der Waals surface area contributed by atoms with E-state index in [0.29, 0.717) is 11.8 Å². The number of benzene rings is 1. The molecule has 0 fully saturated rings. The highest BCUT2D eigenvalue weighted by atomic mass is 19.2. The van der Waals surface area contributed by atoms with Crippen LogP contribution in [0.4, 0.5) is 8.78 Å². The van der Waals surface area contributed by atoms with Gasteiger partial charge in [-0.15, -0.1) is 0 Å². The first-order valence-electron chi connectivity index (χ1n) is 6.81. The summed E-state index contributed by atoms with van der Waals surface area (Å²) in [7, 11) is 0. The SMILES string of the molecule is CC(C)(C)C1=Cn2cc(C(=O)O)c(=O)c3cc(F)c(F)c(c32)O1. The predicted octanol–water partition coefficient (Wildman–Crippen LogP) is 3.21. The summed E-state index contributed by atoms with van der Waals surface area (Å²) in [5, 5.41) is 8.90. The molecule has 120 valence electrons. The van der Waals surface area contributed by atoms with E-state index in [4.69, 9.17) is 9.84 Å². The number of carboxylic acid groups (broad SMARTS) is 1. The van der Waals surface area contributed by atoms with E-state index < -0.39 is 39.8 Å². The molecule has 0 saturated heterocycles. The van der Waals surface area contributed by atoms with Gasteiger partial charge in [-0.3, -0.25) is 4.79 Å². The first-order valence-corrected chi connectivity index (χ1v) is 6.81. The van der Waals surface area contributed by atoms with Crippen molar-refractivity contribution in [2.45, 2.75) is 20.8 Å². The van der Waals surface area contributed by atoms with Crippen molar-refractivity contribution in [3.8, 4) is 5.75 Å². The fraction of sp³-hybridized carbons (Fsp3) is 0.250. The summed E-state index contributed by atoms with van der Waals surface area (Å²) in [6.07, 6.45) is 2.56. The van der Waals surface area contributed by atoms with Gasteiger partial charge in [0.05, 0.1) is 5.39 Å². The third-order valence-corrected chi connectivity index (χ3v) is 3.60. The molecule has 0 spiro atoms. The summed E-state index contributed by atoms with van der Waals surface area (Å²) in [6.45, 7) is 5.41. The maximum absolute atomic E-state index is 14.1. The average Bonchev–Trinajstić information content (AvgIpc) is 2.45. The van der Waals surface area contributed by atoms with Gasteiger partial charge in [-0.05, 0) is 6.07 Å². The lowest BCUT2D eigenvalue weighted by molar-refractivity contribution is 0.0695. The monoisotopic (exact) mass is 321 g/mol. The predicted molar refractivity (Wildman–Crippen MR) is 79.4 cm³/mol. The number of carbonyl (C=O) groups is 1. The molecule has 0 radical (unpaired) electrons. The van der Waals surface area contributed by atoms with Crippen LogP contribution in [0.3, 0.4) is 0 Å². The first-order chi connectivity index (χ1) is 10.6. The number of nitrogens with zero attached hydrogens (tertiary/aromatic N) is 1.